The standard InChI is InChI=1S/C10H19NO5S/c1-11(5-6-16-8-9-2-3-9)17(14,15)7-4-10(12)13/h9H,2-8H2,1H3,(H,12,13). The Morgan fingerprint density at radius 2 is 2.12 bits per heavy atom. The Morgan fingerprint density at radius 3 is 2.65 bits per heavy atom. The van der Waals surface area contributed by atoms with E-state index < -0.39 is 16.0 Å². The molecule has 0 saturated heterocycles. The van der Waals surface area contributed by atoms with Crippen LogP contribution in [-0.4, -0.2) is 56.4 Å². The van der Waals surface area contributed by atoms with Crippen molar-refractivity contribution in [3.8, 4) is 0 Å². The van der Waals surface area contributed by atoms with Crippen LogP contribution < -0.4 is 0 Å². The van der Waals surface area contributed by atoms with Gasteiger partial charge in [0.15, 0.2) is 0 Å². The van der Waals surface area contributed by atoms with Gasteiger partial charge in [0, 0.05) is 20.2 Å². The monoisotopic (exact) mass is 265 g/mol. The Morgan fingerprint density at radius 1 is 1.47 bits per heavy atom. The number of sulfonamides is 1. The van der Waals surface area contributed by atoms with Gasteiger partial charge in [-0.2, -0.15) is 0 Å². The third-order valence-corrected chi connectivity index (χ3v) is 4.50. The third kappa shape index (κ3) is 5.99. The second kappa shape index (κ2) is 6.32. The number of nitrogens with zero attached hydrogens (tertiary/aromatic N) is 1. The summed E-state index contributed by atoms with van der Waals surface area (Å²) in [6, 6.07) is 0. The quantitative estimate of drug-likeness (QED) is 0.600. The van der Waals surface area contributed by atoms with Crippen molar-refractivity contribution in [2.75, 3.05) is 32.6 Å². The fourth-order valence-electron chi connectivity index (χ4n) is 1.24. The summed E-state index contributed by atoms with van der Waals surface area (Å²) in [5, 5.41) is 8.43. The van der Waals surface area contributed by atoms with Gasteiger partial charge < -0.3 is 9.84 Å². The summed E-state index contributed by atoms with van der Waals surface area (Å²) in [4.78, 5) is 10.3. The lowest BCUT2D eigenvalue weighted by Gasteiger charge is -2.16. The van der Waals surface area contributed by atoms with Gasteiger partial charge in [0.05, 0.1) is 18.8 Å². The zero-order valence-corrected chi connectivity index (χ0v) is 10.8. The van der Waals surface area contributed by atoms with E-state index in [0.29, 0.717) is 19.1 Å². The van der Waals surface area contributed by atoms with E-state index in [-0.39, 0.29) is 18.7 Å². The fourth-order valence-corrected chi connectivity index (χ4v) is 2.34. The van der Waals surface area contributed by atoms with Crippen LogP contribution in [0.4, 0.5) is 0 Å². The maximum Gasteiger partial charge on any atom is 0.304 e. The lowest BCUT2D eigenvalue weighted by Crippen LogP contribution is -2.33. The minimum atomic E-state index is -3.47. The highest BCUT2D eigenvalue weighted by molar-refractivity contribution is 7.89. The zero-order valence-electron chi connectivity index (χ0n) is 9.96. The van der Waals surface area contributed by atoms with Gasteiger partial charge in [-0.15, -0.1) is 0 Å². The minimum absolute atomic E-state index is 0.272. The molecule has 1 N–H and O–H groups in total. The van der Waals surface area contributed by atoms with Crippen molar-refractivity contribution >= 4 is 16.0 Å². The van der Waals surface area contributed by atoms with Crippen LogP contribution in [-0.2, 0) is 19.6 Å². The van der Waals surface area contributed by atoms with Gasteiger partial charge in [0.1, 0.15) is 0 Å². The van der Waals surface area contributed by atoms with Gasteiger partial charge in [0.2, 0.25) is 10.0 Å². The Kier molecular flexibility index (Phi) is 5.35. The molecule has 0 aliphatic heterocycles. The lowest BCUT2D eigenvalue weighted by atomic mass is 10.5. The van der Waals surface area contributed by atoms with Crippen molar-refractivity contribution in [1.82, 2.24) is 4.31 Å². The molecule has 6 nitrogen and oxygen atoms in total. The average molecular weight is 265 g/mol. The second-order valence-electron chi connectivity index (χ2n) is 4.30. The molecule has 100 valence electrons. The highest BCUT2D eigenvalue weighted by Crippen LogP contribution is 2.28. The van der Waals surface area contributed by atoms with E-state index in [9.17, 15) is 13.2 Å². The van der Waals surface area contributed by atoms with Crippen molar-refractivity contribution in [3.05, 3.63) is 0 Å². The molecule has 0 heterocycles. The summed E-state index contributed by atoms with van der Waals surface area (Å²) in [5.74, 6) is -0.808. The van der Waals surface area contributed by atoms with E-state index >= 15 is 0 Å². The van der Waals surface area contributed by atoms with Crippen LogP contribution >= 0.6 is 0 Å². The van der Waals surface area contributed by atoms with Crippen LogP contribution in [0.2, 0.25) is 0 Å². The van der Waals surface area contributed by atoms with Crippen molar-refractivity contribution < 1.29 is 23.1 Å². The summed E-state index contributed by atoms with van der Waals surface area (Å²) in [7, 11) is -2.03. The van der Waals surface area contributed by atoms with Crippen LogP contribution in [0.3, 0.4) is 0 Å². The van der Waals surface area contributed by atoms with E-state index in [4.69, 9.17) is 9.84 Å². The van der Waals surface area contributed by atoms with Crippen molar-refractivity contribution in [3.63, 3.8) is 0 Å². The van der Waals surface area contributed by atoms with E-state index in [1.807, 2.05) is 0 Å². The summed E-state index contributed by atoms with van der Waals surface area (Å²) >= 11 is 0. The molecule has 0 aromatic heterocycles. The fraction of sp³-hybridized carbons (Fsp3) is 0.900. The predicted molar refractivity (Wildman–Crippen MR) is 62.2 cm³/mol. The Labute approximate surface area is 102 Å². The molecule has 1 rings (SSSR count). The van der Waals surface area contributed by atoms with E-state index in [2.05, 4.69) is 0 Å². The van der Waals surface area contributed by atoms with Gasteiger partial charge in [0.25, 0.3) is 0 Å². The number of carbonyl (C=O) groups is 1. The molecular formula is C10H19NO5S. The number of hydrogen-bond donors (Lipinski definition) is 1. The number of hydrogen-bond acceptors (Lipinski definition) is 4. The van der Waals surface area contributed by atoms with Gasteiger partial charge in [-0.1, -0.05) is 0 Å². The van der Waals surface area contributed by atoms with Gasteiger partial charge in [-0.3, -0.25) is 4.79 Å². The first-order chi connectivity index (χ1) is 7.92. The molecule has 0 bridgehead atoms. The predicted octanol–water partition coefficient (Wildman–Crippen LogP) is 0.149. The Balaban J connectivity index is 2.18. The first kappa shape index (κ1) is 14.4. The average Bonchev–Trinajstić information content (AvgIpc) is 3.05. The molecule has 0 amide bonds. The molecule has 0 unspecified atom stereocenters. The molecule has 1 aliphatic rings. The number of ether oxygens (including phenoxy) is 1. The highest BCUT2D eigenvalue weighted by Gasteiger charge is 2.22. The van der Waals surface area contributed by atoms with Crippen LogP contribution in [0.1, 0.15) is 19.3 Å². The molecule has 17 heavy (non-hydrogen) atoms. The van der Waals surface area contributed by atoms with Crippen LogP contribution in [0, 0.1) is 5.92 Å². The summed E-state index contributed by atoms with van der Waals surface area (Å²) in [6.45, 7) is 1.33. The lowest BCUT2D eigenvalue weighted by molar-refractivity contribution is -0.136. The largest absolute Gasteiger partial charge is 0.481 e. The smallest absolute Gasteiger partial charge is 0.304 e. The summed E-state index contributed by atoms with van der Waals surface area (Å²) in [5.41, 5.74) is 0. The first-order valence-corrected chi connectivity index (χ1v) is 7.26. The van der Waals surface area contributed by atoms with E-state index in [0.717, 1.165) is 4.31 Å². The molecule has 7 heteroatoms. The number of carboxylic acids is 1. The molecule has 0 aromatic rings. The number of likely N-dealkylation sites (N-methyl/N-ethyl adjacent to an activating group) is 1. The molecule has 1 fully saturated rings. The van der Waals surface area contributed by atoms with Crippen LogP contribution in [0.5, 0.6) is 0 Å². The van der Waals surface area contributed by atoms with Gasteiger partial charge in [-0.05, 0) is 18.8 Å². The third-order valence-electron chi connectivity index (χ3n) is 2.65. The minimum Gasteiger partial charge on any atom is -0.481 e. The highest BCUT2D eigenvalue weighted by atomic mass is 32.2. The molecule has 1 aliphatic carbocycles. The van der Waals surface area contributed by atoms with Crippen molar-refractivity contribution in [2.45, 2.75) is 19.3 Å². The van der Waals surface area contributed by atoms with Crippen LogP contribution in [0.25, 0.3) is 0 Å². The first-order valence-electron chi connectivity index (χ1n) is 5.65. The normalized spacial score (nSPS) is 16.4. The molecule has 0 radical (unpaired) electrons. The number of aliphatic carboxylic acids is 1. The molecule has 0 spiro atoms. The maximum atomic E-state index is 11.6. The van der Waals surface area contributed by atoms with E-state index in [1.165, 1.54) is 19.9 Å². The SMILES string of the molecule is CN(CCOCC1CC1)S(=O)(=O)CCC(=O)O. The Bertz CT molecular complexity index is 350. The maximum absolute atomic E-state index is 11.6. The molecular weight excluding hydrogens is 246 g/mol. The van der Waals surface area contributed by atoms with Crippen LogP contribution in [0.15, 0.2) is 0 Å². The molecule has 0 atom stereocenters. The number of carboxylic acid groups (broad SMARTS) is 1. The zero-order chi connectivity index (χ0) is 12.9. The summed E-state index contributed by atoms with van der Waals surface area (Å²) < 4.78 is 29.6. The Hall–Kier alpha value is -0.660. The van der Waals surface area contributed by atoms with Gasteiger partial charge in [-0.25, -0.2) is 12.7 Å². The molecule has 0 aromatic carbocycles. The summed E-state index contributed by atoms with van der Waals surface area (Å²) in [6.07, 6.45) is 2.04. The molecule has 1 saturated carbocycles. The van der Waals surface area contributed by atoms with Crippen molar-refractivity contribution in [1.29, 1.82) is 0 Å². The van der Waals surface area contributed by atoms with Gasteiger partial charge >= 0.3 is 5.97 Å². The van der Waals surface area contributed by atoms with E-state index in [1.54, 1.807) is 0 Å². The number of rotatable bonds is 9. The topological polar surface area (TPSA) is 83.9 Å². The second-order valence-corrected chi connectivity index (χ2v) is 6.49. The van der Waals surface area contributed by atoms with Crippen molar-refractivity contribution in [2.24, 2.45) is 5.92 Å².